The van der Waals surface area contributed by atoms with E-state index in [1.54, 1.807) is 34.6 Å². The number of primary amides is 1. The van der Waals surface area contributed by atoms with Crippen molar-refractivity contribution in [1.29, 1.82) is 5.41 Å². The number of nitrogens with zero attached hydrogens (tertiary/aromatic N) is 4. The van der Waals surface area contributed by atoms with Crippen molar-refractivity contribution in [3.05, 3.63) is 104 Å². The number of rotatable bonds is 8. The van der Waals surface area contributed by atoms with Gasteiger partial charge in [-0.2, -0.15) is 0 Å². The summed E-state index contributed by atoms with van der Waals surface area (Å²) in [4.78, 5) is 60.1. The smallest absolute Gasteiger partial charge is 0.415 e. The Morgan fingerprint density at radius 3 is 2.43 bits per heavy atom. The van der Waals surface area contributed by atoms with Gasteiger partial charge in [0.2, 0.25) is 0 Å². The van der Waals surface area contributed by atoms with E-state index in [1.165, 1.54) is 12.1 Å². The van der Waals surface area contributed by atoms with E-state index in [2.05, 4.69) is 0 Å². The maximum atomic E-state index is 13.7. The minimum atomic E-state index is -1.91. The zero-order valence-corrected chi connectivity index (χ0v) is 36.7. The van der Waals surface area contributed by atoms with Gasteiger partial charge in [-0.15, -0.1) is 0 Å². The lowest BCUT2D eigenvalue weighted by Gasteiger charge is -2.33. The largest absolute Gasteiger partial charge is 0.508 e. The number of pyridine rings is 2. The minimum absolute atomic E-state index is 0.0581. The second-order valence-electron chi connectivity index (χ2n) is 16.6. The number of aromatic nitrogens is 2. The van der Waals surface area contributed by atoms with E-state index in [1.807, 2.05) is 58.9 Å². The van der Waals surface area contributed by atoms with E-state index in [-0.39, 0.29) is 65.1 Å². The number of esters is 1. The lowest BCUT2D eigenvalue weighted by atomic mass is 9.86. The fourth-order valence-electron chi connectivity index (χ4n) is 9.24. The van der Waals surface area contributed by atoms with Gasteiger partial charge in [-0.25, -0.2) is 19.4 Å². The number of hydrogen-bond acceptors (Lipinski definition) is 11. The summed E-state index contributed by atoms with van der Waals surface area (Å²) >= 11 is 0. The highest BCUT2D eigenvalue weighted by Crippen LogP contribution is 2.41. The van der Waals surface area contributed by atoms with Crippen molar-refractivity contribution >= 4 is 34.8 Å². The average Bonchev–Trinajstić information content (AvgIpc) is 3.64. The van der Waals surface area contributed by atoms with E-state index in [0.717, 1.165) is 46.2 Å². The standard InChI is InChI=1S/C46H50N6O9.C2H6/c1-5-29-31-18-28(11-12-36(31)49-40-33(29)22-51-37(40)20-35-34(42(51)55)23-60-43(56)46(35,59)6-2)61-45(58)50-15-13-26(14-16-50)17-25-7-9-27(10-8-25)52(44(48)57)41(47)32-19-30(24(3)4)38(53)21-39(32)54;1-2/h7-9,11-12,18-21,24,26-27,47,53-54,59H,5-6,10,13-17,22-23H2,1-4H3,(H2,48,57);1-2H3. The third kappa shape index (κ3) is 8.05. The maximum Gasteiger partial charge on any atom is 0.415 e. The first kappa shape index (κ1) is 44.6. The van der Waals surface area contributed by atoms with Crippen molar-refractivity contribution in [3.63, 3.8) is 0 Å². The topological polar surface area (TPSA) is 222 Å². The van der Waals surface area contributed by atoms with Crippen molar-refractivity contribution in [3.8, 4) is 28.6 Å². The second-order valence-corrected chi connectivity index (χ2v) is 16.6. The number of aromatic hydroxyl groups is 2. The van der Waals surface area contributed by atoms with Crippen LogP contribution in [-0.4, -0.2) is 77.7 Å². The second kappa shape index (κ2) is 17.7. The number of carbonyl (C=O) groups is 3. The molecule has 0 spiro atoms. The molecule has 5 heterocycles. The van der Waals surface area contributed by atoms with Gasteiger partial charge in [-0.05, 0) is 91.8 Å². The molecule has 2 aromatic carbocycles. The summed E-state index contributed by atoms with van der Waals surface area (Å²) < 4.78 is 12.7. The summed E-state index contributed by atoms with van der Waals surface area (Å²) in [6.07, 6.45) is 8.81. The van der Waals surface area contributed by atoms with Crippen LogP contribution in [0.2, 0.25) is 0 Å². The van der Waals surface area contributed by atoms with E-state index >= 15 is 0 Å². The number of cyclic esters (lactones) is 1. The Kier molecular flexibility index (Phi) is 12.5. The van der Waals surface area contributed by atoms with Crippen LogP contribution in [0.3, 0.4) is 0 Å². The number of likely N-dealkylation sites (tertiary alicyclic amines) is 1. The molecule has 0 bridgehead atoms. The molecular formula is C48H56N6O9. The number of urea groups is 1. The molecule has 63 heavy (non-hydrogen) atoms. The van der Waals surface area contributed by atoms with E-state index in [0.29, 0.717) is 60.1 Å². The van der Waals surface area contributed by atoms with Crippen LogP contribution in [0.25, 0.3) is 22.3 Å². The average molecular weight is 861 g/mol. The quantitative estimate of drug-likeness (QED) is 0.0588. The molecule has 4 aromatic rings. The monoisotopic (exact) mass is 860 g/mol. The first-order valence-corrected chi connectivity index (χ1v) is 21.8. The molecule has 2 aromatic heterocycles. The van der Waals surface area contributed by atoms with Crippen LogP contribution in [0.5, 0.6) is 17.2 Å². The van der Waals surface area contributed by atoms with Gasteiger partial charge in [0.05, 0.1) is 40.6 Å². The summed E-state index contributed by atoms with van der Waals surface area (Å²) in [5.74, 6) is -0.799. The van der Waals surface area contributed by atoms with Gasteiger partial charge < -0.3 is 40.0 Å². The first-order valence-electron chi connectivity index (χ1n) is 21.8. The summed E-state index contributed by atoms with van der Waals surface area (Å²) in [7, 11) is 0. The number of aliphatic hydroxyl groups is 1. The molecule has 3 aliphatic heterocycles. The minimum Gasteiger partial charge on any atom is -0.508 e. The molecule has 1 aliphatic carbocycles. The van der Waals surface area contributed by atoms with E-state index in [4.69, 9.17) is 25.6 Å². The number of hydrogen-bond donors (Lipinski definition) is 5. The third-order valence-corrected chi connectivity index (χ3v) is 12.7. The zero-order valence-electron chi connectivity index (χ0n) is 36.7. The van der Waals surface area contributed by atoms with Gasteiger partial charge in [0.1, 0.15) is 29.7 Å². The van der Waals surface area contributed by atoms with Crippen LogP contribution in [0.15, 0.2) is 65.0 Å². The number of amidine groups is 1. The number of phenols is 2. The Labute approximate surface area is 365 Å². The molecule has 332 valence electrons. The Hall–Kier alpha value is -6.48. The molecule has 4 aliphatic rings. The number of piperidine rings is 1. The molecule has 0 radical (unpaired) electrons. The van der Waals surface area contributed by atoms with Crippen molar-refractivity contribution in [1.82, 2.24) is 19.4 Å². The van der Waals surface area contributed by atoms with Gasteiger partial charge in [0, 0.05) is 35.7 Å². The first-order chi connectivity index (χ1) is 30.1. The summed E-state index contributed by atoms with van der Waals surface area (Å²) in [6.45, 7) is 12.6. The number of amides is 3. The fourth-order valence-corrected chi connectivity index (χ4v) is 9.24. The fraction of sp³-hybridized carbons (Fsp3) is 0.417. The highest BCUT2D eigenvalue weighted by Gasteiger charge is 2.45. The molecule has 2 unspecified atom stereocenters. The highest BCUT2D eigenvalue weighted by molar-refractivity contribution is 6.07. The Morgan fingerprint density at radius 2 is 1.79 bits per heavy atom. The molecule has 8 rings (SSSR count). The van der Waals surface area contributed by atoms with Crippen molar-refractivity contribution in [2.75, 3.05) is 13.1 Å². The molecule has 15 heteroatoms. The number of nitrogens with two attached hydrogens (primary N) is 1. The van der Waals surface area contributed by atoms with Crippen molar-refractivity contribution < 1.29 is 39.2 Å². The van der Waals surface area contributed by atoms with Crippen LogP contribution in [0.1, 0.15) is 113 Å². The van der Waals surface area contributed by atoms with Crippen LogP contribution in [-0.2, 0) is 34.7 Å². The summed E-state index contributed by atoms with van der Waals surface area (Å²) in [5, 5.41) is 41.7. The van der Waals surface area contributed by atoms with Crippen LogP contribution in [0.4, 0.5) is 9.59 Å². The van der Waals surface area contributed by atoms with Gasteiger partial charge in [0.25, 0.3) is 5.56 Å². The van der Waals surface area contributed by atoms with Gasteiger partial charge in [-0.3, -0.25) is 15.1 Å². The molecule has 1 fully saturated rings. The number of ether oxygens (including phenoxy) is 2. The van der Waals surface area contributed by atoms with Crippen molar-refractivity contribution in [2.45, 2.75) is 111 Å². The lowest BCUT2D eigenvalue weighted by Crippen LogP contribution is -2.47. The highest BCUT2D eigenvalue weighted by atomic mass is 16.6. The molecule has 2 atom stereocenters. The molecule has 6 N–H and O–H groups in total. The molecule has 15 nitrogen and oxygen atoms in total. The van der Waals surface area contributed by atoms with Gasteiger partial charge in [-0.1, -0.05) is 65.3 Å². The van der Waals surface area contributed by atoms with E-state index < -0.39 is 29.7 Å². The van der Waals surface area contributed by atoms with Crippen LogP contribution >= 0.6 is 0 Å². The zero-order chi connectivity index (χ0) is 45.5. The number of allylic oxidation sites excluding steroid dienone is 2. The van der Waals surface area contributed by atoms with Gasteiger partial charge in [0.15, 0.2) is 5.60 Å². The Bertz CT molecular complexity index is 2640. The normalized spacial score (nSPS) is 19.0. The molecule has 3 amide bonds. The summed E-state index contributed by atoms with van der Waals surface area (Å²) in [6, 6.07) is 8.37. The van der Waals surface area contributed by atoms with E-state index in [9.17, 15) is 34.5 Å². The summed E-state index contributed by atoms with van der Waals surface area (Å²) in [5.41, 5.74) is 9.43. The van der Waals surface area contributed by atoms with Crippen LogP contribution in [0, 0.1) is 11.3 Å². The Morgan fingerprint density at radius 1 is 1.06 bits per heavy atom. The predicted octanol–water partition coefficient (Wildman–Crippen LogP) is 7.46. The number of aryl methyl sites for hydroxylation is 1. The van der Waals surface area contributed by atoms with Crippen LogP contribution < -0.4 is 16.0 Å². The maximum absolute atomic E-state index is 13.7. The number of nitrogens with one attached hydrogen (secondary N) is 1. The molecular weight excluding hydrogens is 805 g/mol. The lowest BCUT2D eigenvalue weighted by molar-refractivity contribution is -0.172. The molecule has 1 saturated heterocycles. The number of fused-ring (bicyclic) bond motifs is 5. The predicted molar refractivity (Wildman–Crippen MR) is 238 cm³/mol. The SMILES string of the molecule is CC.CCc1c2c(nc3ccc(OC(=O)N4CCC(CC5=CCC(N(C(=N)c6cc(C(C)C)c(O)cc6O)C(N)=O)C=C5)CC4)cc13)-c1cc3c(c(=O)n1C2)COC(=O)C3(O)CC. The third-order valence-electron chi connectivity index (χ3n) is 12.7. The Balaban J connectivity index is 0.00000293. The van der Waals surface area contributed by atoms with Gasteiger partial charge >= 0.3 is 18.1 Å². The molecule has 0 saturated carbocycles. The number of phenolic OH excluding ortho intramolecular Hbond substituents is 2. The number of benzene rings is 2. The van der Waals surface area contributed by atoms with Crippen molar-refractivity contribution in [2.24, 2.45) is 11.7 Å². The number of carbonyl (C=O) groups excluding carboxylic acids is 3.